The summed E-state index contributed by atoms with van der Waals surface area (Å²) in [6, 6.07) is 3.60. The molecule has 6 heteroatoms. The van der Waals surface area contributed by atoms with Crippen LogP contribution in [0, 0.1) is 5.82 Å². The van der Waals surface area contributed by atoms with Crippen LogP contribution >= 0.6 is 0 Å². The summed E-state index contributed by atoms with van der Waals surface area (Å²) in [5.41, 5.74) is 0.261. The standard InChI is InChI=1S/C9H13FN2O2S/c1-6(2)12-9-4-3-7(5-8(9)10)15(11,13)14/h3-6,12H,1-2H3,(H2,11,13,14). The van der Waals surface area contributed by atoms with Gasteiger partial charge in [0.05, 0.1) is 10.6 Å². The van der Waals surface area contributed by atoms with E-state index >= 15 is 0 Å². The minimum atomic E-state index is -3.84. The lowest BCUT2D eigenvalue weighted by molar-refractivity contribution is 0.592. The maximum Gasteiger partial charge on any atom is 0.238 e. The van der Waals surface area contributed by atoms with Crippen LogP contribution in [-0.2, 0) is 10.0 Å². The zero-order valence-electron chi connectivity index (χ0n) is 8.49. The molecule has 1 aromatic rings. The third-order valence-corrected chi connectivity index (χ3v) is 2.62. The molecule has 0 atom stereocenters. The fourth-order valence-corrected chi connectivity index (χ4v) is 1.63. The summed E-state index contributed by atoms with van der Waals surface area (Å²) in [5, 5.41) is 7.70. The second-order valence-electron chi connectivity index (χ2n) is 3.49. The van der Waals surface area contributed by atoms with Gasteiger partial charge in [-0.1, -0.05) is 0 Å². The molecule has 0 fully saturated rings. The summed E-state index contributed by atoms with van der Waals surface area (Å²) in [7, 11) is -3.84. The van der Waals surface area contributed by atoms with Gasteiger partial charge in [0.15, 0.2) is 0 Å². The zero-order chi connectivity index (χ0) is 11.6. The van der Waals surface area contributed by atoms with Crippen LogP contribution in [0.5, 0.6) is 0 Å². The van der Waals surface area contributed by atoms with Crippen molar-refractivity contribution in [1.82, 2.24) is 0 Å². The van der Waals surface area contributed by atoms with Gasteiger partial charge >= 0.3 is 0 Å². The maximum atomic E-state index is 13.4. The number of anilines is 1. The average molecular weight is 232 g/mol. The van der Waals surface area contributed by atoms with Gasteiger partial charge < -0.3 is 5.32 Å². The first-order valence-electron chi connectivity index (χ1n) is 4.39. The SMILES string of the molecule is CC(C)Nc1ccc(S(N)(=O)=O)cc1F. The lowest BCUT2D eigenvalue weighted by Crippen LogP contribution is -2.14. The van der Waals surface area contributed by atoms with Crippen LogP contribution in [0.4, 0.5) is 10.1 Å². The van der Waals surface area contributed by atoms with Gasteiger partial charge in [0.1, 0.15) is 5.82 Å². The van der Waals surface area contributed by atoms with Crippen LogP contribution in [0.1, 0.15) is 13.8 Å². The summed E-state index contributed by atoms with van der Waals surface area (Å²) in [4.78, 5) is -0.227. The molecule has 0 aliphatic heterocycles. The fourth-order valence-electron chi connectivity index (χ4n) is 1.10. The predicted octanol–water partition coefficient (Wildman–Crippen LogP) is 1.29. The van der Waals surface area contributed by atoms with Gasteiger partial charge in [-0.3, -0.25) is 0 Å². The quantitative estimate of drug-likeness (QED) is 0.825. The molecule has 15 heavy (non-hydrogen) atoms. The Labute approximate surface area is 88.3 Å². The highest BCUT2D eigenvalue weighted by Gasteiger charge is 2.11. The van der Waals surface area contributed by atoms with E-state index < -0.39 is 15.8 Å². The Morgan fingerprint density at radius 2 is 2.00 bits per heavy atom. The summed E-state index contributed by atoms with van der Waals surface area (Å²) < 4.78 is 35.2. The highest BCUT2D eigenvalue weighted by atomic mass is 32.2. The van der Waals surface area contributed by atoms with Crippen molar-refractivity contribution in [3.05, 3.63) is 24.0 Å². The van der Waals surface area contributed by atoms with Crippen LogP contribution in [0.15, 0.2) is 23.1 Å². The molecule has 0 aromatic heterocycles. The number of benzene rings is 1. The van der Waals surface area contributed by atoms with Crippen LogP contribution in [0.3, 0.4) is 0 Å². The molecule has 0 bridgehead atoms. The summed E-state index contributed by atoms with van der Waals surface area (Å²) in [5.74, 6) is -0.629. The number of hydrogen-bond donors (Lipinski definition) is 2. The number of halogens is 1. The van der Waals surface area contributed by atoms with E-state index in [-0.39, 0.29) is 16.6 Å². The van der Waals surface area contributed by atoms with Crippen molar-refractivity contribution in [3.63, 3.8) is 0 Å². The van der Waals surface area contributed by atoms with Gasteiger partial charge in [0, 0.05) is 6.04 Å². The predicted molar refractivity (Wildman–Crippen MR) is 56.5 cm³/mol. The van der Waals surface area contributed by atoms with Crippen molar-refractivity contribution in [2.45, 2.75) is 24.8 Å². The first-order chi connectivity index (χ1) is 6.80. The average Bonchev–Trinajstić information content (AvgIpc) is 2.05. The van der Waals surface area contributed by atoms with Gasteiger partial charge in [0.25, 0.3) is 0 Å². The van der Waals surface area contributed by atoms with Crippen molar-refractivity contribution >= 4 is 15.7 Å². The van der Waals surface area contributed by atoms with Gasteiger partial charge in [0.2, 0.25) is 10.0 Å². The van der Waals surface area contributed by atoms with Crippen LogP contribution in [0.25, 0.3) is 0 Å². The highest BCUT2D eigenvalue weighted by Crippen LogP contribution is 2.18. The molecule has 0 radical (unpaired) electrons. The second-order valence-corrected chi connectivity index (χ2v) is 5.05. The molecular weight excluding hydrogens is 219 g/mol. The molecule has 0 aliphatic carbocycles. The first-order valence-corrected chi connectivity index (χ1v) is 5.94. The van der Waals surface area contributed by atoms with Crippen molar-refractivity contribution in [1.29, 1.82) is 0 Å². The molecule has 0 heterocycles. The molecule has 0 spiro atoms. The molecule has 1 aromatic carbocycles. The molecule has 0 aliphatic rings. The van der Waals surface area contributed by atoms with Gasteiger partial charge in [-0.25, -0.2) is 17.9 Å². The van der Waals surface area contributed by atoms with E-state index in [4.69, 9.17) is 5.14 Å². The van der Waals surface area contributed by atoms with Crippen LogP contribution in [-0.4, -0.2) is 14.5 Å². The lowest BCUT2D eigenvalue weighted by atomic mass is 10.3. The van der Waals surface area contributed by atoms with E-state index in [1.807, 2.05) is 13.8 Å². The topological polar surface area (TPSA) is 72.2 Å². The van der Waals surface area contributed by atoms with Crippen LogP contribution < -0.4 is 10.5 Å². The fraction of sp³-hybridized carbons (Fsp3) is 0.333. The third kappa shape index (κ3) is 3.17. The number of nitrogens with one attached hydrogen (secondary N) is 1. The van der Waals surface area contributed by atoms with Crippen molar-refractivity contribution in [2.75, 3.05) is 5.32 Å². The number of nitrogens with two attached hydrogens (primary N) is 1. The van der Waals surface area contributed by atoms with Crippen LogP contribution in [0.2, 0.25) is 0 Å². The minimum Gasteiger partial charge on any atom is -0.381 e. The molecule has 4 nitrogen and oxygen atoms in total. The highest BCUT2D eigenvalue weighted by molar-refractivity contribution is 7.89. The van der Waals surface area contributed by atoms with E-state index in [1.54, 1.807) is 0 Å². The van der Waals surface area contributed by atoms with Crippen molar-refractivity contribution < 1.29 is 12.8 Å². The first kappa shape index (κ1) is 11.9. The van der Waals surface area contributed by atoms with E-state index in [0.29, 0.717) is 0 Å². The zero-order valence-corrected chi connectivity index (χ0v) is 9.31. The van der Waals surface area contributed by atoms with E-state index in [9.17, 15) is 12.8 Å². The minimum absolute atomic E-state index is 0.0693. The third-order valence-electron chi connectivity index (χ3n) is 1.71. The lowest BCUT2D eigenvalue weighted by Gasteiger charge is -2.11. The number of hydrogen-bond acceptors (Lipinski definition) is 3. The summed E-state index contributed by atoms with van der Waals surface area (Å²) >= 11 is 0. The van der Waals surface area contributed by atoms with E-state index in [2.05, 4.69) is 5.32 Å². The molecule has 0 amide bonds. The Bertz CT molecular complexity index is 457. The normalized spacial score (nSPS) is 11.8. The van der Waals surface area contributed by atoms with E-state index in [0.717, 1.165) is 6.07 Å². The van der Waals surface area contributed by atoms with Crippen molar-refractivity contribution in [2.24, 2.45) is 5.14 Å². The molecular formula is C9H13FN2O2S. The monoisotopic (exact) mass is 232 g/mol. The maximum absolute atomic E-state index is 13.4. The molecule has 1 rings (SSSR count). The Morgan fingerprint density at radius 1 is 1.40 bits per heavy atom. The number of rotatable bonds is 3. The molecule has 3 N–H and O–H groups in total. The molecule has 0 unspecified atom stereocenters. The Morgan fingerprint density at radius 3 is 2.40 bits per heavy atom. The van der Waals surface area contributed by atoms with Gasteiger partial charge in [-0.05, 0) is 32.0 Å². The van der Waals surface area contributed by atoms with Crippen molar-refractivity contribution in [3.8, 4) is 0 Å². The molecule has 84 valence electrons. The summed E-state index contributed by atoms with van der Waals surface area (Å²) in [6.45, 7) is 3.71. The van der Waals surface area contributed by atoms with Gasteiger partial charge in [-0.2, -0.15) is 0 Å². The Balaban J connectivity index is 3.09. The molecule has 0 saturated carbocycles. The Kier molecular flexibility index (Phi) is 3.31. The largest absolute Gasteiger partial charge is 0.381 e. The number of sulfonamides is 1. The summed E-state index contributed by atoms with van der Waals surface area (Å²) in [6.07, 6.45) is 0. The van der Waals surface area contributed by atoms with E-state index in [1.165, 1.54) is 12.1 Å². The Hall–Kier alpha value is -1.14. The number of primary sulfonamides is 1. The second kappa shape index (κ2) is 4.16. The molecule has 0 saturated heterocycles. The van der Waals surface area contributed by atoms with Gasteiger partial charge in [-0.15, -0.1) is 0 Å². The smallest absolute Gasteiger partial charge is 0.238 e.